The first-order valence-electron chi connectivity index (χ1n) is 12.5. The first kappa shape index (κ1) is 21.1. The minimum atomic E-state index is -1.10. The number of carbonyl (C=O) groups excluding carboxylic acids is 1. The predicted octanol–water partition coefficient (Wildman–Crippen LogP) is 3.48. The van der Waals surface area contributed by atoms with Crippen molar-refractivity contribution in [3.63, 3.8) is 0 Å². The van der Waals surface area contributed by atoms with Crippen LogP contribution in [0.2, 0.25) is 0 Å². The number of likely N-dealkylation sites (tertiary alicyclic amines) is 1. The number of aliphatic hydroxyl groups is 1. The van der Waals surface area contributed by atoms with E-state index in [1.54, 1.807) is 18.0 Å². The number of hydrogen-bond acceptors (Lipinski definition) is 6. The van der Waals surface area contributed by atoms with Gasteiger partial charge in [0.15, 0.2) is 17.6 Å². The second-order valence-corrected chi connectivity index (χ2v) is 10.4. The largest absolute Gasteiger partial charge is 0.504 e. The number of piperidine rings is 1. The number of benzene rings is 2. The molecule has 2 aromatic carbocycles. The van der Waals surface area contributed by atoms with E-state index in [1.807, 2.05) is 38.1 Å². The number of fused-ring (bicyclic) bond motifs is 3. The van der Waals surface area contributed by atoms with Gasteiger partial charge in [0.2, 0.25) is 0 Å². The van der Waals surface area contributed by atoms with Crippen molar-refractivity contribution in [1.29, 1.82) is 0 Å². The van der Waals surface area contributed by atoms with Crippen molar-refractivity contribution in [2.24, 2.45) is 0 Å². The van der Waals surface area contributed by atoms with Crippen molar-refractivity contribution in [2.45, 2.75) is 56.3 Å². The normalized spacial score (nSPS) is 31.0. The van der Waals surface area contributed by atoms with Gasteiger partial charge in [-0.15, -0.1) is 0 Å². The SMILES string of the molecule is CC.CN1C(=O)c2cccc3nc4c(c1c23)C[C@@]1(O)[C@H]2Cc3ccc(O)c5c3[C@@]1(CCN2C)[C@H]4O5. The summed E-state index contributed by atoms with van der Waals surface area (Å²) in [6.07, 6.45) is 1.29. The monoisotopic (exact) mass is 471 g/mol. The lowest BCUT2D eigenvalue weighted by molar-refractivity contribution is -0.167. The fourth-order valence-corrected chi connectivity index (χ4v) is 7.77. The summed E-state index contributed by atoms with van der Waals surface area (Å²) >= 11 is 0. The van der Waals surface area contributed by atoms with Crippen LogP contribution in [0.15, 0.2) is 30.3 Å². The summed E-state index contributed by atoms with van der Waals surface area (Å²) in [6.45, 7) is 4.83. The second kappa shape index (κ2) is 6.53. The molecule has 1 fully saturated rings. The molecular formula is C28H29N3O4. The Morgan fingerprint density at radius 1 is 1.17 bits per heavy atom. The minimum absolute atomic E-state index is 0.0467. The van der Waals surface area contributed by atoms with Crippen LogP contribution in [0, 0.1) is 0 Å². The number of ether oxygens (including phenoxy) is 1. The van der Waals surface area contributed by atoms with Gasteiger partial charge in [0.1, 0.15) is 0 Å². The number of phenols is 1. The number of carbonyl (C=O) groups is 1. The van der Waals surface area contributed by atoms with E-state index in [2.05, 4.69) is 11.9 Å². The Morgan fingerprint density at radius 2 is 1.97 bits per heavy atom. The molecule has 1 saturated heterocycles. The standard InChI is InChI=1S/C26H23N3O4.C2H6/c1-28-9-8-25-19-12-6-7-16(30)22(19)33-23(25)20-14(11-26(25,32)17(28)10-12)21-18-13(24(31)29(21)2)4-3-5-15(18)27-20;1-2/h3-7,17,23,30,32H,8-11H2,1-2H3;1-2H3/t17-,23+,25+,26-;/m1./s1. The Hall–Kier alpha value is -3.16. The van der Waals surface area contributed by atoms with Crippen molar-refractivity contribution in [3.05, 3.63) is 58.3 Å². The van der Waals surface area contributed by atoms with E-state index in [-0.39, 0.29) is 17.7 Å². The minimum Gasteiger partial charge on any atom is -0.504 e. The van der Waals surface area contributed by atoms with E-state index >= 15 is 0 Å². The van der Waals surface area contributed by atoms with E-state index < -0.39 is 17.1 Å². The quantitative estimate of drug-likeness (QED) is 0.522. The Labute approximate surface area is 203 Å². The van der Waals surface area contributed by atoms with Crippen LogP contribution in [0.3, 0.4) is 0 Å². The fraction of sp³-hybridized carbons (Fsp3) is 0.429. The van der Waals surface area contributed by atoms with Gasteiger partial charge in [-0.25, -0.2) is 4.98 Å². The van der Waals surface area contributed by atoms with Gasteiger partial charge < -0.3 is 24.7 Å². The van der Waals surface area contributed by atoms with E-state index in [9.17, 15) is 15.0 Å². The molecule has 4 atom stereocenters. The Morgan fingerprint density at radius 3 is 2.77 bits per heavy atom. The summed E-state index contributed by atoms with van der Waals surface area (Å²) in [5, 5.41) is 24.3. The lowest BCUT2D eigenvalue weighted by Gasteiger charge is -2.62. The van der Waals surface area contributed by atoms with Crippen molar-refractivity contribution >= 4 is 22.5 Å². The number of rotatable bonds is 0. The first-order chi connectivity index (χ1) is 16.9. The zero-order chi connectivity index (χ0) is 24.4. The van der Waals surface area contributed by atoms with Crippen LogP contribution in [0.5, 0.6) is 11.5 Å². The number of aromatic hydroxyl groups is 1. The molecular weight excluding hydrogens is 442 g/mol. The number of phenolic OH excluding ortho intramolecular Hbond substituents is 1. The van der Waals surface area contributed by atoms with Crippen LogP contribution < -0.4 is 9.64 Å². The maximum absolute atomic E-state index is 13.1. The molecule has 4 heterocycles. The third kappa shape index (κ3) is 2.13. The number of nitrogens with zero attached hydrogens (tertiary/aromatic N) is 3. The number of likely N-dealkylation sites (N-methyl/N-ethyl adjacent to an activating group) is 1. The third-order valence-electron chi connectivity index (χ3n) is 9.16. The molecule has 2 N–H and O–H groups in total. The molecule has 0 saturated carbocycles. The Bertz CT molecular complexity index is 1470. The smallest absolute Gasteiger partial charge is 0.258 e. The van der Waals surface area contributed by atoms with Crippen LogP contribution in [-0.2, 0) is 18.3 Å². The number of amides is 1. The highest BCUT2D eigenvalue weighted by Gasteiger charge is 2.72. The van der Waals surface area contributed by atoms with Crippen LogP contribution in [0.4, 0.5) is 5.69 Å². The molecule has 0 unspecified atom stereocenters. The summed E-state index contributed by atoms with van der Waals surface area (Å²) in [5.74, 6) is 0.552. The molecule has 1 amide bonds. The van der Waals surface area contributed by atoms with Gasteiger partial charge in [0.25, 0.3) is 5.91 Å². The Kier molecular flexibility index (Phi) is 3.95. The topological polar surface area (TPSA) is 86.1 Å². The lowest BCUT2D eigenvalue weighted by Crippen LogP contribution is -2.74. The van der Waals surface area contributed by atoms with Crippen LogP contribution in [0.1, 0.15) is 59.1 Å². The average molecular weight is 472 g/mol. The van der Waals surface area contributed by atoms with Crippen LogP contribution in [-0.4, -0.2) is 58.3 Å². The summed E-state index contributed by atoms with van der Waals surface area (Å²) in [5.41, 5.74) is 4.26. The molecule has 5 aliphatic rings. The Balaban J connectivity index is 0.00000103. The molecule has 1 aromatic heterocycles. The third-order valence-corrected chi connectivity index (χ3v) is 9.16. The predicted molar refractivity (Wildman–Crippen MR) is 132 cm³/mol. The summed E-state index contributed by atoms with van der Waals surface area (Å²) in [6, 6.07) is 9.26. The molecule has 3 aromatic rings. The highest BCUT2D eigenvalue weighted by atomic mass is 16.5. The number of aromatic nitrogens is 1. The highest BCUT2D eigenvalue weighted by molar-refractivity contribution is 6.25. The molecule has 0 radical (unpaired) electrons. The summed E-state index contributed by atoms with van der Waals surface area (Å²) in [7, 11) is 3.88. The van der Waals surface area contributed by atoms with Gasteiger partial charge in [-0.2, -0.15) is 0 Å². The molecule has 35 heavy (non-hydrogen) atoms. The van der Waals surface area contributed by atoms with Crippen LogP contribution in [0.25, 0.3) is 10.9 Å². The molecule has 1 spiro atoms. The van der Waals surface area contributed by atoms with Crippen molar-refractivity contribution in [1.82, 2.24) is 9.88 Å². The second-order valence-electron chi connectivity index (χ2n) is 10.4. The van der Waals surface area contributed by atoms with Crippen molar-refractivity contribution in [2.75, 3.05) is 25.5 Å². The maximum Gasteiger partial charge on any atom is 0.258 e. The fourth-order valence-electron chi connectivity index (χ4n) is 7.77. The van der Waals surface area contributed by atoms with Crippen molar-refractivity contribution < 1.29 is 19.7 Å². The number of hydrogen-bond donors (Lipinski definition) is 2. The molecule has 2 bridgehead atoms. The van der Waals surface area contributed by atoms with Gasteiger partial charge in [0.05, 0.1) is 33.5 Å². The van der Waals surface area contributed by atoms with Gasteiger partial charge in [-0.05, 0) is 50.2 Å². The zero-order valence-corrected chi connectivity index (χ0v) is 20.4. The van der Waals surface area contributed by atoms with Gasteiger partial charge in [0, 0.05) is 36.0 Å². The maximum atomic E-state index is 13.1. The zero-order valence-electron chi connectivity index (χ0n) is 20.4. The van der Waals surface area contributed by atoms with E-state index in [0.717, 1.165) is 45.5 Å². The number of anilines is 1. The lowest BCUT2D eigenvalue weighted by atomic mass is 9.49. The summed E-state index contributed by atoms with van der Waals surface area (Å²) < 4.78 is 6.57. The van der Waals surface area contributed by atoms with Gasteiger partial charge in [-0.1, -0.05) is 26.0 Å². The van der Waals surface area contributed by atoms with E-state index in [0.29, 0.717) is 30.6 Å². The van der Waals surface area contributed by atoms with Gasteiger partial charge >= 0.3 is 0 Å². The van der Waals surface area contributed by atoms with Gasteiger partial charge in [-0.3, -0.25) is 4.79 Å². The molecule has 2 aliphatic carbocycles. The van der Waals surface area contributed by atoms with E-state index in [4.69, 9.17) is 9.72 Å². The molecule has 3 aliphatic heterocycles. The van der Waals surface area contributed by atoms with Crippen molar-refractivity contribution in [3.8, 4) is 11.5 Å². The highest BCUT2D eigenvalue weighted by Crippen LogP contribution is 2.69. The first-order valence-corrected chi connectivity index (χ1v) is 12.5. The number of pyridine rings is 1. The molecule has 180 valence electrons. The average Bonchev–Trinajstić information content (AvgIpc) is 3.34. The molecule has 7 nitrogen and oxygen atoms in total. The summed E-state index contributed by atoms with van der Waals surface area (Å²) in [4.78, 5) is 22.1. The molecule has 7 heteroatoms. The van der Waals surface area contributed by atoms with E-state index in [1.165, 1.54) is 0 Å². The molecule has 8 rings (SSSR count). The van der Waals surface area contributed by atoms with Crippen LogP contribution >= 0.6 is 0 Å².